The predicted octanol–water partition coefficient (Wildman–Crippen LogP) is 2.71. The van der Waals surface area contributed by atoms with Crippen LogP contribution in [0.1, 0.15) is 60.3 Å². The summed E-state index contributed by atoms with van der Waals surface area (Å²) < 4.78 is 0. The zero-order chi connectivity index (χ0) is 13.8. The van der Waals surface area contributed by atoms with Crippen LogP contribution in [0.4, 0.5) is 0 Å². The molecule has 3 heteroatoms. The fourth-order valence-corrected chi connectivity index (χ4v) is 2.85. The van der Waals surface area contributed by atoms with Crippen molar-refractivity contribution in [3.63, 3.8) is 0 Å². The molecule has 0 saturated heterocycles. The lowest BCUT2D eigenvalue weighted by Gasteiger charge is -2.26. The molecule has 2 N–H and O–H groups in total. The largest absolute Gasteiger partial charge is 0.350 e. The maximum Gasteiger partial charge on any atom is 0.234 e. The Hall–Kier alpha value is -0.570. The summed E-state index contributed by atoms with van der Waals surface area (Å²) in [4.78, 5) is 11.9. The van der Waals surface area contributed by atoms with Gasteiger partial charge in [0.05, 0.1) is 6.54 Å². The number of amides is 1. The van der Waals surface area contributed by atoms with Crippen LogP contribution in [0.5, 0.6) is 0 Å². The maximum atomic E-state index is 11.9. The number of hydrogen-bond acceptors (Lipinski definition) is 2. The predicted molar refractivity (Wildman–Crippen MR) is 76.5 cm³/mol. The van der Waals surface area contributed by atoms with Gasteiger partial charge in [-0.2, -0.15) is 0 Å². The first kappa shape index (κ1) is 15.5. The third-order valence-corrected chi connectivity index (χ3v) is 4.64. The Kier molecular flexibility index (Phi) is 5.64. The van der Waals surface area contributed by atoms with Gasteiger partial charge >= 0.3 is 0 Å². The fraction of sp³-hybridized carbons (Fsp3) is 0.933. The van der Waals surface area contributed by atoms with E-state index in [0.29, 0.717) is 18.5 Å². The summed E-state index contributed by atoms with van der Waals surface area (Å²) >= 11 is 0. The molecule has 1 aliphatic rings. The lowest BCUT2D eigenvalue weighted by Crippen LogP contribution is -2.48. The Labute approximate surface area is 112 Å². The van der Waals surface area contributed by atoms with Crippen molar-refractivity contribution in [2.45, 2.75) is 71.9 Å². The van der Waals surface area contributed by atoms with Gasteiger partial charge in [0.25, 0.3) is 0 Å². The SMILES string of the molecule is CCC1CCC(NCC(=O)NC(C)(C)CC)C1C. The van der Waals surface area contributed by atoms with Crippen LogP contribution in [0.15, 0.2) is 0 Å². The zero-order valence-electron chi connectivity index (χ0n) is 12.7. The first-order valence-electron chi connectivity index (χ1n) is 7.44. The van der Waals surface area contributed by atoms with Gasteiger partial charge in [-0.3, -0.25) is 4.79 Å². The number of carbonyl (C=O) groups is 1. The summed E-state index contributed by atoms with van der Waals surface area (Å²) in [5, 5.41) is 6.50. The van der Waals surface area contributed by atoms with Crippen LogP contribution in [0.3, 0.4) is 0 Å². The van der Waals surface area contributed by atoms with E-state index in [-0.39, 0.29) is 11.4 Å². The molecule has 0 aromatic heterocycles. The zero-order valence-corrected chi connectivity index (χ0v) is 12.7. The first-order valence-corrected chi connectivity index (χ1v) is 7.44. The molecule has 1 rings (SSSR count). The molecule has 0 aliphatic heterocycles. The molecule has 1 amide bonds. The highest BCUT2D eigenvalue weighted by atomic mass is 16.2. The molecule has 3 unspecified atom stereocenters. The number of rotatable bonds is 6. The van der Waals surface area contributed by atoms with Crippen LogP contribution in [-0.2, 0) is 4.79 Å². The molecule has 0 heterocycles. The second kappa shape index (κ2) is 6.55. The minimum atomic E-state index is -0.0913. The molecule has 0 aromatic carbocycles. The molecular formula is C15H30N2O. The first-order chi connectivity index (χ1) is 8.39. The van der Waals surface area contributed by atoms with Gasteiger partial charge in [0.15, 0.2) is 0 Å². The quantitative estimate of drug-likeness (QED) is 0.765. The summed E-state index contributed by atoms with van der Waals surface area (Å²) in [5.41, 5.74) is -0.0913. The average molecular weight is 254 g/mol. The average Bonchev–Trinajstić information content (AvgIpc) is 2.67. The molecule has 0 bridgehead atoms. The number of hydrogen-bond donors (Lipinski definition) is 2. The Balaban J connectivity index is 2.31. The Morgan fingerprint density at radius 1 is 1.28 bits per heavy atom. The van der Waals surface area contributed by atoms with Gasteiger partial charge in [0.2, 0.25) is 5.91 Å². The standard InChI is InChI=1S/C15H30N2O/c1-6-12-8-9-13(11(12)3)16-10-14(18)17-15(4,5)7-2/h11-13,16H,6-10H2,1-5H3,(H,17,18). The minimum Gasteiger partial charge on any atom is -0.350 e. The number of carbonyl (C=O) groups excluding carboxylic acids is 1. The summed E-state index contributed by atoms with van der Waals surface area (Å²) in [6.07, 6.45) is 4.73. The van der Waals surface area contributed by atoms with E-state index < -0.39 is 0 Å². The third kappa shape index (κ3) is 4.27. The molecule has 18 heavy (non-hydrogen) atoms. The highest BCUT2D eigenvalue weighted by molar-refractivity contribution is 5.78. The van der Waals surface area contributed by atoms with Crippen molar-refractivity contribution in [3.05, 3.63) is 0 Å². The van der Waals surface area contributed by atoms with Crippen molar-refractivity contribution < 1.29 is 4.79 Å². The van der Waals surface area contributed by atoms with Gasteiger partial charge in [-0.1, -0.05) is 27.2 Å². The Morgan fingerprint density at radius 2 is 1.94 bits per heavy atom. The second-order valence-electron chi connectivity index (χ2n) is 6.38. The van der Waals surface area contributed by atoms with Crippen LogP contribution in [0.25, 0.3) is 0 Å². The van der Waals surface area contributed by atoms with Crippen molar-refractivity contribution in [1.29, 1.82) is 0 Å². The van der Waals surface area contributed by atoms with Gasteiger partial charge in [-0.25, -0.2) is 0 Å². The monoisotopic (exact) mass is 254 g/mol. The van der Waals surface area contributed by atoms with Crippen molar-refractivity contribution in [1.82, 2.24) is 10.6 Å². The van der Waals surface area contributed by atoms with Crippen molar-refractivity contribution in [3.8, 4) is 0 Å². The Bertz CT molecular complexity index is 276. The van der Waals surface area contributed by atoms with E-state index in [0.717, 1.165) is 12.3 Å². The highest BCUT2D eigenvalue weighted by Gasteiger charge is 2.31. The summed E-state index contributed by atoms with van der Waals surface area (Å²) in [5.74, 6) is 1.65. The molecule has 0 spiro atoms. The summed E-state index contributed by atoms with van der Waals surface area (Å²) in [6.45, 7) is 11.3. The number of nitrogens with one attached hydrogen (secondary N) is 2. The normalized spacial score (nSPS) is 28.4. The van der Waals surface area contributed by atoms with Crippen molar-refractivity contribution in [2.75, 3.05) is 6.54 Å². The third-order valence-electron chi connectivity index (χ3n) is 4.64. The Morgan fingerprint density at radius 3 is 2.44 bits per heavy atom. The van der Waals surface area contributed by atoms with E-state index in [4.69, 9.17) is 0 Å². The second-order valence-corrected chi connectivity index (χ2v) is 6.38. The molecular weight excluding hydrogens is 224 g/mol. The van der Waals surface area contributed by atoms with Gasteiger partial charge in [0, 0.05) is 11.6 Å². The maximum absolute atomic E-state index is 11.9. The highest BCUT2D eigenvalue weighted by Crippen LogP contribution is 2.33. The van der Waals surface area contributed by atoms with E-state index in [9.17, 15) is 4.79 Å². The molecule has 0 aromatic rings. The molecule has 0 radical (unpaired) electrons. The summed E-state index contributed by atoms with van der Waals surface area (Å²) in [7, 11) is 0. The van der Waals surface area contributed by atoms with Gasteiger partial charge in [0.1, 0.15) is 0 Å². The smallest absolute Gasteiger partial charge is 0.234 e. The molecule has 1 saturated carbocycles. The molecule has 106 valence electrons. The topological polar surface area (TPSA) is 41.1 Å². The molecule has 1 fully saturated rings. The van der Waals surface area contributed by atoms with E-state index in [1.807, 2.05) is 0 Å². The molecule has 3 atom stereocenters. The van der Waals surface area contributed by atoms with E-state index in [1.54, 1.807) is 0 Å². The van der Waals surface area contributed by atoms with Crippen LogP contribution in [0, 0.1) is 11.8 Å². The van der Waals surface area contributed by atoms with E-state index in [1.165, 1.54) is 19.3 Å². The van der Waals surface area contributed by atoms with Crippen molar-refractivity contribution in [2.24, 2.45) is 11.8 Å². The van der Waals surface area contributed by atoms with Crippen LogP contribution >= 0.6 is 0 Å². The summed E-state index contributed by atoms with van der Waals surface area (Å²) in [6, 6.07) is 0.519. The van der Waals surface area contributed by atoms with E-state index in [2.05, 4.69) is 45.3 Å². The van der Waals surface area contributed by atoms with Crippen LogP contribution in [-0.4, -0.2) is 24.0 Å². The van der Waals surface area contributed by atoms with Crippen LogP contribution in [0.2, 0.25) is 0 Å². The van der Waals surface area contributed by atoms with Gasteiger partial charge < -0.3 is 10.6 Å². The molecule has 1 aliphatic carbocycles. The lowest BCUT2D eigenvalue weighted by molar-refractivity contribution is -0.122. The fourth-order valence-electron chi connectivity index (χ4n) is 2.85. The molecule has 3 nitrogen and oxygen atoms in total. The van der Waals surface area contributed by atoms with Crippen LogP contribution < -0.4 is 10.6 Å². The van der Waals surface area contributed by atoms with Gasteiger partial charge in [-0.05, 0) is 44.9 Å². The van der Waals surface area contributed by atoms with Gasteiger partial charge in [-0.15, -0.1) is 0 Å². The minimum absolute atomic E-state index is 0.0913. The lowest BCUT2D eigenvalue weighted by atomic mass is 9.93. The van der Waals surface area contributed by atoms with E-state index >= 15 is 0 Å². The van der Waals surface area contributed by atoms with Crippen molar-refractivity contribution >= 4 is 5.91 Å².